The van der Waals surface area contributed by atoms with Crippen molar-refractivity contribution in [2.75, 3.05) is 0 Å². The summed E-state index contributed by atoms with van der Waals surface area (Å²) in [5.74, 6) is 0. The molecule has 0 aliphatic rings. The fourth-order valence-electron chi connectivity index (χ4n) is 13.1. The predicted octanol–water partition coefficient (Wildman–Crippen LogP) is 5.45. The fraction of sp³-hybridized carbons (Fsp3) is 0. The SMILES string of the molecule is Bc1c(B)c(B)c2c(c1B)c1c(B)c(-c3ccc4c(c3)c3c(-c5ccccc5)cccc3n4-c3ccccc3-c3ccccc3)c(B)c(B)c1n2-c1ccc2c(c1)c1ccccc1n2-c1cccc(-c2ccccc2)c1. The highest BCUT2D eigenvalue weighted by molar-refractivity contribution is 6.69. The van der Waals surface area contributed by atoms with E-state index in [0.29, 0.717) is 0 Å². The van der Waals surface area contributed by atoms with E-state index in [1.165, 1.54) is 160 Å². The fourth-order valence-corrected chi connectivity index (χ4v) is 13.1. The maximum absolute atomic E-state index is 2.62. The molecule has 10 heteroatoms. The minimum Gasteiger partial charge on any atom is -0.310 e. The minimum atomic E-state index is 1.15. The Bertz CT molecular complexity index is 4710. The summed E-state index contributed by atoms with van der Waals surface area (Å²) in [7, 11) is 16.4. The highest BCUT2D eigenvalue weighted by Gasteiger charge is 2.27. The molecule has 0 aliphatic carbocycles. The van der Waals surface area contributed by atoms with Crippen LogP contribution in [0.15, 0.2) is 218 Å². The van der Waals surface area contributed by atoms with Gasteiger partial charge in [0.2, 0.25) is 0 Å². The number of hydrogen-bond donors (Lipinski definition) is 0. The molecule has 0 bridgehead atoms. The van der Waals surface area contributed by atoms with E-state index in [1.54, 1.807) is 0 Å². The van der Waals surface area contributed by atoms with Gasteiger partial charge in [-0.25, -0.2) is 0 Å². The minimum absolute atomic E-state index is 1.15. The zero-order valence-electron chi connectivity index (χ0n) is 44.1. The third-order valence-electron chi connectivity index (χ3n) is 17.2. The first kappa shape index (κ1) is 45.9. The number of benzene rings is 11. The highest BCUT2D eigenvalue weighted by atomic mass is 15.0. The van der Waals surface area contributed by atoms with Gasteiger partial charge in [-0.15, -0.1) is 5.46 Å². The number of rotatable bonds is 7. The Morgan fingerprint density at radius 2 is 0.776 bits per heavy atom. The van der Waals surface area contributed by atoms with Gasteiger partial charge in [0.25, 0.3) is 0 Å². The Balaban J connectivity index is 1.02. The van der Waals surface area contributed by atoms with Gasteiger partial charge in [0.15, 0.2) is 0 Å². The van der Waals surface area contributed by atoms with E-state index in [2.05, 4.69) is 287 Å². The van der Waals surface area contributed by atoms with Gasteiger partial charge >= 0.3 is 0 Å². The first-order valence-corrected chi connectivity index (χ1v) is 26.7. The molecule has 0 N–H and O–H groups in total. The van der Waals surface area contributed by atoms with E-state index in [4.69, 9.17) is 0 Å². The van der Waals surface area contributed by atoms with Crippen LogP contribution in [0.2, 0.25) is 0 Å². The third kappa shape index (κ3) is 6.79. The summed E-state index contributed by atoms with van der Waals surface area (Å²) >= 11 is 0. The molecular formula is C66H50B7N3. The second kappa shape index (κ2) is 17.7. The van der Waals surface area contributed by atoms with Gasteiger partial charge in [0.05, 0.1) is 27.8 Å². The maximum atomic E-state index is 2.62. The summed E-state index contributed by atoms with van der Waals surface area (Å²) in [6.45, 7) is 0. The molecule has 0 saturated heterocycles. The normalized spacial score (nSPS) is 11.8. The van der Waals surface area contributed by atoms with Crippen LogP contribution in [0, 0.1) is 0 Å². The lowest BCUT2D eigenvalue weighted by Crippen LogP contribution is -2.48. The van der Waals surface area contributed by atoms with Crippen LogP contribution in [0.25, 0.3) is 127 Å². The molecule has 3 nitrogen and oxygen atoms in total. The Kier molecular flexibility index (Phi) is 10.7. The highest BCUT2D eigenvalue weighted by Crippen LogP contribution is 2.43. The number of nitrogens with zero attached hydrogens (tertiary/aromatic N) is 3. The Hall–Kier alpha value is -8.73. The van der Waals surface area contributed by atoms with Crippen LogP contribution in [-0.4, -0.2) is 68.6 Å². The van der Waals surface area contributed by atoms with Gasteiger partial charge in [-0.3, -0.25) is 0 Å². The third-order valence-corrected chi connectivity index (χ3v) is 17.2. The lowest BCUT2D eigenvalue weighted by molar-refractivity contribution is 1.17. The molecule has 0 amide bonds. The van der Waals surface area contributed by atoms with Crippen LogP contribution in [0.4, 0.5) is 0 Å². The van der Waals surface area contributed by atoms with E-state index >= 15 is 0 Å². The van der Waals surface area contributed by atoms with Crippen LogP contribution in [-0.2, 0) is 0 Å². The van der Waals surface area contributed by atoms with Crippen molar-refractivity contribution in [1.82, 2.24) is 13.7 Å². The van der Waals surface area contributed by atoms with Gasteiger partial charge in [0, 0.05) is 54.9 Å². The van der Waals surface area contributed by atoms with Crippen LogP contribution < -0.4 is 38.2 Å². The van der Waals surface area contributed by atoms with Crippen molar-refractivity contribution in [3.63, 3.8) is 0 Å². The summed E-state index contributed by atoms with van der Waals surface area (Å²) < 4.78 is 7.56. The molecule has 3 heterocycles. The standard InChI is InChI=1S/C66H50B7N3/c67-58-54(41-30-32-52-48(35-41)55-45(39-20-8-3-9-21-39)26-15-29-53(55)76(52)49-27-12-10-24-44(49)38-18-6-2-7-19-38)59(68)63(72)65-56(58)57-60(69)61(70)62(71)64(73)66(57)75(65)43-31-33-51-47(36-43)46-25-11-13-28-50(46)74(51)42-23-14-22-40(34-42)37-16-4-1-5-17-37/h1-36H,67-73H2. The monoisotopic (exact) mass is 961 g/mol. The molecule has 14 rings (SSSR count). The summed E-state index contributed by atoms with van der Waals surface area (Å²) in [5, 5.41) is 7.67. The molecular weight excluding hydrogens is 910 g/mol. The van der Waals surface area contributed by atoms with Gasteiger partial charge in [-0.1, -0.05) is 191 Å². The first-order chi connectivity index (χ1) is 37.2. The molecule has 0 unspecified atom stereocenters. The number of hydrogen-bond acceptors (Lipinski definition) is 0. The van der Waals surface area contributed by atoms with Gasteiger partial charge in [-0.05, 0) is 105 Å². The zero-order valence-corrected chi connectivity index (χ0v) is 44.1. The van der Waals surface area contributed by atoms with Crippen molar-refractivity contribution in [1.29, 1.82) is 0 Å². The van der Waals surface area contributed by atoms with Crippen molar-refractivity contribution in [3.05, 3.63) is 218 Å². The lowest BCUT2D eigenvalue weighted by Gasteiger charge is -2.19. The van der Waals surface area contributed by atoms with Crippen molar-refractivity contribution in [2.45, 2.75) is 0 Å². The molecule has 0 spiro atoms. The van der Waals surface area contributed by atoms with E-state index in [0.717, 1.165) is 5.69 Å². The van der Waals surface area contributed by atoms with Crippen LogP contribution in [0.3, 0.4) is 0 Å². The van der Waals surface area contributed by atoms with Crippen LogP contribution >= 0.6 is 0 Å². The van der Waals surface area contributed by atoms with Gasteiger partial charge < -0.3 is 13.7 Å². The second-order valence-corrected chi connectivity index (χ2v) is 21.0. The Labute approximate surface area is 449 Å². The Morgan fingerprint density at radius 1 is 0.250 bits per heavy atom. The quantitative estimate of drug-likeness (QED) is 0.189. The number of para-hydroxylation sites is 2. The molecule has 0 atom stereocenters. The van der Waals surface area contributed by atoms with Gasteiger partial charge in [-0.2, -0.15) is 0 Å². The van der Waals surface area contributed by atoms with Crippen LogP contribution in [0.5, 0.6) is 0 Å². The van der Waals surface area contributed by atoms with Crippen molar-refractivity contribution in [3.8, 4) is 61.6 Å². The first-order valence-electron chi connectivity index (χ1n) is 26.7. The maximum Gasteiger partial charge on any atom is 0.141 e. The molecule has 0 aliphatic heterocycles. The van der Waals surface area contributed by atoms with Gasteiger partial charge in [0.1, 0.15) is 54.9 Å². The molecule has 0 radical (unpaired) electrons. The molecule has 11 aromatic carbocycles. The number of aromatic nitrogens is 3. The van der Waals surface area contributed by atoms with E-state index in [9.17, 15) is 0 Å². The molecule has 0 fully saturated rings. The van der Waals surface area contributed by atoms with E-state index < -0.39 is 0 Å². The molecule has 14 aromatic rings. The van der Waals surface area contributed by atoms with Crippen molar-refractivity contribution < 1.29 is 0 Å². The second-order valence-electron chi connectivity index (χ2n) is 21.0. The average molecular weight is 961 g/mol. The molecule has 0 saturated carbocycles. The largest absolute Gasteiger partial charge is 0.310 e. The topological polar surface area (TPSA) is 14.8 Å². The lowest BCUT2D eigenvalue weighted by atomic mass is 9.64. The Morgan fingerprint density at radius 3 is 1.53 bits per heavy atom. The summed E-state index contributed by atoms with van der Waals surface area (Å²) in [5.41, 5.74) is 29.9. The summed E-state index contributed by atoms with van der Waals surface area (Å²) in [4.78, 5) is 0. The molecule has 350 valence electrons. The van der Waals surface area contributed by atoms with E-state index in [1.807, 2.05) is 0 Å². The molecule has 3 aromatic heterocycles. The van der Waals surface area contributed by atoms with E-state index in [-0.39, 0.29) is 0 Å². The zero-order chi connectivity index (χ0) is 51.5. The summed E-state index contributed by atoms with van der Waals surface area (Å²) in [6, 6.07) is 80.4. The van der Waals surface area contributed by atoms with Crippen molar-refractivity contribution >= 4 is 159 Å². The number of fused-ring (bicyclic) bond motifs is 9. The van der Waals surface area contributed by atoms with Crippen LogP contribution in [0.1, 0.15) is 0 Å². The molecule has 76 heavy (non-hydrogen) atoms. The van der Waals surface area contributed by atoms with Crippen molar-refractivity contribution in [2.24, 2.45) is 0 Å². The summed E-state index contributed by atoms with van der Waals surface area (Å²) in [6.07, 6.45) is 0. The average Bonchev–Trinajstić information content (AvgIpc) is 4.18. The predicted molar refractivity (Wildman–Crippen MR) is 348 cm³/mol. The smallest absolute Gasteiger partial charge is 0.141 e.